The zero-order valence-corrected chi connectivity index (χ0v) is 34.2. The number of pyridine rings is 1. The Morgan fingerprint density at radius 2 is 1.44 bits per heavy atom. The first-order valence-electron chi connectivity index (χ1n) is 17.1. The van der Waals surface area contributed by atoms with Gasteiger partial charge in [-0.1, -0.05) is 59.5 Å². The van der Waals surface area contributed by atoms with Crippen molar-refractivity contribution in [2.24, 2.45) is 0 Å². The SMILES string of the molecule is [CH3][Ge]([CH3])([CH3])[c]1ccc(-c2[c-]cc3sc4ccccc4c3c2)nc1.[Ir].[c-]1ccc2c(oc3ccccc32)c1-c1nc2ccccc2n1-c1ccccc1. The molecule has 4 heterocycles. The van der Waals surface area contributed by atoms with E-state index < -0.39 is 13.3 Å². The van der Waals surface area contributed by atoms with Gasteiger partial charge in [-0.3, -0.25) is 4.98 Å². The summed E-state index contributed by atoms with van der Waals surface area (Å²) in [5.74, 6) is 8.02. The minimum atomic E-state index is -1.80. The van der Waals surface area contributed by atoms with Gasteiger partial charge in [0.2, 0.25) is 0 Å². The first-order chi connectivity index (χ1) is 24.9. The van der Waals surface area contributed by atoms with E-state index in [4.69, 9.17) is 14.4 Å². The zero-order valence-electron chi connectivity index (χ0n) is 28.8. The van der Waals surface area contributed by atoms with Crippen LogP contribution < -0.4 is 4.40 Å². The number of thiophene rings is 1. The third-order valence-electron chi connectivity index (χ3n) is 9.35. The topological polar surface area (TPSA) is 43.9 Å². The van der Waals surface area contributed by atoms with Gasteiger partial charge in [0.15, 0.2) is 0 Å². The number of hydrogen-bond acceptors (Lipinski definition) is 4. The number of fused-ring (bicyclic) bond motifs is 7. The molecule has 0 unspecified atom stereocenters. The Hall–Kier alpha value is -4.85. The van der Waals surface area contributed by atoms with Crippen molar-refractivity contribution in [3.63, 3.8) is 0 Å². The Morgan fingerprint density at radius 3 is 2.25 bits per heavy atom. The Morgan fingerprint density at radius 1 is 0.692 bits per heavy atom. The van der Waals surface area contributed by atoms with Crippen molar-refractivity contribution in [1.29, 1.82) is 0 Å². The van der Waals surface area contributed by atoms with Gasteiger partial charge in [-0.05, 0) is 30.3 Å². The molecular weight excluding hydrogens is 895 g/mol. The fourth-order valence-corrected chi connectivity index (χ4v) is 9.94. The van der Waals surface area contributed by atoms with Gasteiger partial charge >= 0.3 is 143 Å². The number of nitrogens with zero attached hydrogens (tertiary/aromatic N) is 3. The average Bonchev–Trinajstić information content (AvgIpc) is 3.86. The maximum absolute atomic E-state index is 6.24. The summed E-state index contributed by atoms with van der Waals surface area (Å²) in [5.41, 5.74) is 7.72. The molecule has 0 atom stereocenters. The second-order valence-electron chi connectivity index (χ2n) is 13.7. The molecule has 0 spiro atoms. The minimum Gasteiger partial charge on any atom is -0.501 e. The van der Waals surface area contributed by atoms with Crippen LogP contribution >= 0.6 is 11.3 Å². The fourth-order valence-electron chi connectivity index (χ4n) is 6.70. The molecule has 4 nitrogen and oxygen atoms in total. The molecular formula is C45H33GeIrN3OS-2. The number of aromatic nitrogens is 3. The Bertz CT molecular complexity index is 2850. The van der Waals surface area contributed by atoms with Crippen LogP contribution in [0.4, 0.5) is 0 Å². The summed E-state index contributed by atoms with van der Waals surface area (Å²) in [6.07, 6.45) is 2.07. The van der Waals surface area contributed by atoms with E-state index in [1.165, 1.54) is 24.6 Å². The van der Waals surface area contributed by atoms with Crippen LogP contribution in [-0.2, 0) is 20.1 Å². The standard InChI is InChI=1S/C25H15N2O.C20H18GeNS.Ir/c1-2-9-17(10-3-1)27-22-15-6-5-14-21(22)26-25(27)20-13-8-12-19-18-11-4-7-16-23(18)28-24(19)20;1-21(2,3)15-9-10-18(22-13-15)14-8-11-20-17(12-14)16-6-4-5-7-19(16)23-20;/h1-12,14-16H;4-7,9-13H,1-3H3;/q2*-1;. The molecule has 0 fully saturated rings. The smallest absolute Gasteiger partial charge is 0.120 e. The molecule has 1 radical (unpaired) electrons. The number of rotatable bonds is 4. The summed E-state index contributed by atoms with van der Waals surface area (Å²) in [5, 5.41) is 4.81. The molecule has 0 aliphatic rings. The van der Waals surface area contributed by atoms with E-state index in [1.54, 1.807) is 0 Å². The summed E-state index contributed by atoms with van der Waals surface area (Å²) in [6, 6.07) is 54.7. The van der Waals surface area contributed by atoms with Crippen LogP contribution in [0.15, 0.2) is 150 Å². The van der Waals surface area contributed by atoms with E-state index >= 15 is 0 Å². The second-order valence-corrected chi connectivity index (χ2v) is 25.4. The molecule has 4 aromatic heterocycles. The molecule has 10 rings (SSSR count). The summed E-state index contributed by atoms with van der Waals surface area (Å²) >= 11 is 0.0310. The quantitative estimate of drug-likeness (QED) is 0.130. The molecule has 0 N–H and O–H groups in total. The second kappa shape index (κ2) is 13.9. The molecule has 6 aromatic carbocycles. The van der Waals surface area contributed by atoms with Gasteiger partial charge in [-0.25, -0.2) is 0 Å². The third-order valence-corrected chi connectivity index (χ3v) is 14.7. The molecule has 0 saturated heterocycles. The molecule has 0 aliphatic carbocycles. The van der Waals surface area contributed by atoms with Crippen LogP contribution in [0.5, 0.6) is 0 Å². The van der Waals surface area contributed by atoms with Crippen molar-refractivity contribution in [1.82, 2.24) is 14.5 Å². The van der Waals surface area contributed by atoms with Gasteiger partial charge in [0, 0.05) is 31.2 Å². The van der Waals surface area contributed by atoms with Crippen LogP contribution in [-0.4, -0.2) is 27.8 Å². The van der Waals surface area contributed by atoms with Crippen LogP contribution in [0.25, 0.3) is 81.5 Å². The molecule has 255 valence electrons. The summed E-state index contributed by atoms with van der Waals surface area (Å²) in [6.45, 7) is 0. The van der Waals surface area contributed by atoms with E-state index in [0.717, 1.165) is 61.3 Å². The predicted molar refractivity (Wildman–Crippen MR) is 217 cm³/mol. The van der Waals surface area contributed by atoms with Crippen LogP contribution in [0.2, 0.25) is 17.3 Å². The maximum Gasteiger partial charge on any atom is 0.120 e. The Labute approximate surface area is 322 Å². The fraction of sp³-hybridized carbons (Fsp3) is 0.0667. The van der Waals surface area contributed by atoms with Crippen LogP contribution in [0.3, 0.4) is 0 Å². The van der Waals surface area contributed by atoms with Crippen LogP contribution in [0.1, 0.15) is 0 Å². The first-order valence-corrected chi connectivity index (χ1v) is 25.2. The summed E-state index contributed by atoms with van der Waals surface area (Å²) < 4.78 is 12.5. The molecule has 0 saturated carbocycles. The van der Waals surface area contributed by atoms with Crippen LogP contribution in [0, 0.1) is 12.1 Å². The Kier molecular flexibility index (Phi) is 9.18. The van der Waals surface area contributed by atoms with Gasteiger partial charge < -0.3 is 8.98 Å². The van der Waals surface area contributed by atoms with E-state index in [1.807, 2.05) is 72.0 Å². The van der Waals surface area contributed by atoms with Gasteiger partial charge in [0.05, 0.1) is 22.4 Å². The molecule has 10 aromatic rings. The number of hydrogen-bond donors (Lipinski definition) is 0. The van der Waals surface area contributed by atoms with Gasteiger partial charge in [-0.2, -0.15) is 0 Å². The number of furan rings is 1. The minimum absolute atomic E-state index is 0. The average molecular weight is 929 g/mol. The molecule has 0 amide bonds. The monoisotopic (exact) mass is 930 g/mol. The number of para-hydroxylation sites is 4. The zero-order chi connectivity index (χ0) is 34.5. The van der Waals surface area contributed by atoms with Crippen molar-refractivity contribution < 1.29 is 24.5 Å². The van der Waals surface area contributed by atoms with Gasteiger partial charge in [0.1, 0.15) is 5.58 Å². The van der Waals surface area contributed by atoms with E-state index in [0.29, 0.717) is 0 Å². The van der Waals surface area contributed by atoms with Crippen molar-refractivity contribution in [3.05, 3.63) is 158 Å². The Balaban J connectivity index is 0.000000149. The largest absolute Gasteiger partial charge is 0.501 e. The molecule has 0 aliphatic heterocycles. The molecule has 7 heteroatoms. The van der Waals surface area contributed by atoms with E-state index in [2.05, 4.69) is 119 Å². The molecule has 0 bridgehead atoms. The van der Waals surface area contributed by atoms with Gasteiger partial charge in [0.25, 0.3) is 0 Å². The maximum atomic E-state index is 6.24. The van der Waals surface area contributed by atoms with Crippen molar-refractivity contribution in [2.45, 2.75) is 17.3 Å². The normalized spacial score (nSPS) is 11.6. The van der Waals surface area contributed by atoms with Gasteiger partial charge in [-0.15, -0.1) is 18.2 Å². The van der Waals surface area contributed by atoms with Crippen molar-refractivity contribution in [2.75, 3.05) is 0 Å². The predicted octanol–water partition coefficient (Wildman–Crippen LogP) is 11.9. The number of imidazole rings is 1. The summed E-state index contributed by atoms with van der Waals surface area (Å²) in [4.78, 5) is 9.66. The van der Waals surface area contributed by atoms with Crippen molar-refractivity contribution >= 4 is 82.1 Å². The van der Waals surface area contributed by atoms with E-state index in [9.17, 15) is 0 Å². The first kappa shape index (κ1) is 34.2. The third kappa shape index (κ3) is 6.20. The van der Waals surface area contributed by atoms with Crippen molar-refractivity contribution in [3.8, 4) is 28.3 Å². The summed E-state index contributed by atoms with van der Waals surface area (Å²) in [7, 11) is 0. The van der Waals surface area contributed by atoms with E-state index in [-0.39, 0.29) is 20.1 Å². The molecule has 52 heavy (non-hydrogen) atoms. The number of benzene rings is 6.